The van der Waals surface area contributed by atoms with Gasteiger partial charge in [0.05, 0.1) is 19.3 Å². The minimum Gasteiger partial charge on any atom is -0.467 e. The molecule has 0 spiro atoms. The van der Waals surface area contributed by atoms with Crippen LogP contribution in [0.15, 0.2) is 91.0 Å². The lowest BCUT2D eigenvalue weighted by Crippen LogP contribution is -2.53. The van der Waals surface area contributed by atoms with Gasteiger partial charge in [-0.1, -0.05) is 105 Å². The van der Waals surface area contributed by atoms with Crippen LogP contribution in [0.5, 0.6) is 0 Å². The van der Waals surface area contributed by atoms with E-state index in [-0.39, 0.29) is 25.4 Å². The summed E-state index contributed by atoms with van der Waals surface area (Å²) in [4.78, 5) is 51.7. The van der Waals surface area contributed by atoms with E-state index in [0.717, 1.165) is 16.7 Å². The van der Waals surface area contributed by atoms with Crippen molar-refractivity contribution in [2.24, 2.45) is 11.8 Å². The molecule has 0 fully saturated rings. The molecule has 3 aromatic carbocycles. The molecule has 1 unspecified atom stereocenters. The molecule has 3 amide bonds. The summed E-state index contributed by atoms with van der Waals surface area (Å²) in [6, 6.07) is 25.3. The molecule has 0 radical (unpaired) electrons. The van der Waals surface area contributed by atoms with E-state index >= 15 is 0 Å². The number of carbonyl (C=O) groups is 4. The molecule has 10 nitrogen and oxygen atoms in total. The molecule has 3 aromatic rings. The summed E-state index contributed by atoms with van der Waals surface area (Å²) in [7, 11) is 1.27. The Morgan fingerprint density at radius 1 is 0.696 bits per heavy atom. The van der Waals surface area contributed by atoms with Crippen LogP contribution in [0.2, 0.25) is 0 Å². The van der Waals surface area contributed by atoms with Crippen molar-refractivity contribution in [1.82, 2.24) is 16.0 Å². The number of benzene rings is 3. The summed E-state index contributed by atoms with van der Waals surface area (Å²) >= 11 is 0. The molecule has 46 heavy (non-hydrogen) atoms. The average Bonchev–Trinajstić information content (AvgIpc) is 3.06. The van der Waals surface area contributed by atoms with Crippen molar-refractivity contribution in [3.8, 4) is 0 Å². The van der Waals surface area contributed by atoms with Crippen LogP contribution in [0.3, 0.4) is 0 Å². The number of aliphatic hydroxyl groups excluding tert-OH is 1. The van der Waals surface area contributed by atoms with E-state index < -0.39 is 54.0 Å². The van der Waals surface area contributed by atoms with E-state index in [9.17, 15) is 24.3 Å². The lowest BCUT2D eigenvalue weighted by atomic mass is 9.88. The summed E-state index contributed by atoms with van der Waals surface area (Å²) < 4.78 is 10.1. The smallest absolute Gasteiger partial charge is 0.408 e. The molecule has 5 atom stereocenters. The van der Waals surface area contributed by atoms with Gasteiger partial charge < -0.3 is 30.5 Å². The average molecular weight is 632 g/mol. The Morgan fingerprint density at radius 2 is 1.22 bits per heavy atom. The Labute approximate surface area is 270 Å². The topological polar surface area (TPSA) is 143 Å². The summed E-state index contributed by atoms with van der Waals surface area (Å²) in [5.74, 6) is -2.45. The Hall–Kier alpha value is -4.70. The van der Waals surface area contributed by atoms with E-state index in [1.54, 1.807) is 13.8 Å². The van der Waals surface area contributed by atoms with Crippen molar-refractivity contribution in [3.05, 3.63) is 108 Å². The van der Waals surface area contributed by atoms with Crippen molar-refractivity contribution in [1.29, 1.82) is 0 Å². The molecule has 0 aliphatic rings. The monoisotopic (exact) mass is 631 g/mol. The molecule has 10 heteroatoms. The molecule has 3 rings (SSSR count). The quantitative estimate of drug-likeness (QED) is 0.175. The number of esters is 1. The van der Waals surface area contributed by atoms with Crippen molar-refractivity contribution >= 4 is 23.9 Å². The zero-order valence-electron chi connectivity index (χ0n) is 26.8. The Kier molecular flexibility index (Phi) is 14.2. The maximum Gasteiger partial charge on any atom is 0.408 e. The summed E-state index contributed by atoms with van der Waals surface area (Å²) in [6.07, 6.45) is -1.35. The fourth-order valence-electron chi connectivity index (χ4n) is 5.00. The SMILES string of the molecule is COC(=O)[C@H](NC(=O)[C@@H](Cc1ccccc1)CC(O)[C@H](Cc1ccccc1)NC(=O)[C@H](C)NC(=O)OCc1ccccc1)C(C)C. The van der Waals surface area contributed by atoms with Crippen LogP contribution in [0, 0.1) is 11.8 Å². The number of aliphatic hydroxyl groups is 1. The minimum atomic E-state index is -1.16. The zero-order valence-corrected chi connectivity index (χ0v) is 26.8. The van der Waals surface area contributed by atoms with Gasteiger partial charge in [-0.05, 0) is 48.8 Å². The zero-order chi connectivity index (χ0) is 33.5. The molecule has 0 heterocycles. The number of ether oxygens (including phenoxy) is 2. The second kappa shape index (κ2) is 18.3. The molecule has 0 aromatic heterocycles. The first-order valence-corrected chi connectivity index (χ1v) is 15.5. The molecule has 0 saturated heterocycles. The van der Waals surface area contributed by atoms with Gasteiger partial charge >= 0.3 is 12.1 Å². The van der Waals surface area contributed by atoms with Crippen molar-refractivity contribution in [3.63, 3.8) is 0 Å². The van der Waals surface area contributed by atoms with Crippen LogP contribution in [0.4, 0.5) is 4.79 Å². The van der Waals surface area contributed by atoms with Gasteiger partial charge in [-0.15, -0.1) is 0 Å². The maximum absolute atomic E-state index is 13.6. The van der Waals surface area contributed by atoms with Gasteiger partial charge in [0.2, 0.25) is 11.8 Å². The van der Waals surface area contributed by atoms with Gasteiger partial charge in [-0.25, -0.2) is 9.59 Å². The number of nitrogens with one attached hydrogen (secondary N) is 3. The fraction of sp³-hybridized carbons (Fsp3) is 0.389. The Bertz CT molecular complexity index is 1390. The third-order valence-corrected chi connectivity index (χ3v) is 7.67. The number of carbonyl (C=O) groups excluding carboxylic acids is 4. The predicted octanol–water partition coefficient (Wildman–Crippen LogP) is 3.95. The molecule has 0 saturated carbocycles. The Morgan fingerprint density at radius 3 is 1.74 bits per heavy atom. The highest BCUT2D eigenvalue weighted by Gasteiger charge is 2.33. The molecule has 0 aliphatic heterocycles. The molecule has 0 bridgehead atoms. The van der Waals surface area contributed by atoms with Crippen molar-refractivity contribution < 1.29 is 33.8 Å². The Balaban J connectivity index is 1.76. The van der Waals surface area contributed by atoms with Gasteiger partial charge in [-0.2, -0.15) is 0 Å². The van der Waals surface area contributed by atoms with Crippen LogP contribution in [-0.2, 0) is 43.3 Å². The standard InChI is InChI=1S/C36H45N3O7/c1-24(2)32(35(43)45-4)39-34(42)29(20-26-14-8-5-9-15-26)22-31(40)30(21-27-16-10-6-11-17-27)38-33(41)25(3)37-36(44)46-23-28-18-12-7-13-19-28/h5-19,24-25,29-32,40H,20-23H2,1-4H3,(H,37,44)(H,38,41)(H,39,42)/t25-,29-,30-,31?,32+/m0/s1. The third-order valence-electron chi connectivity index (χ3n) is 7.67. The van der Waals surface area contributed by atoms with E-state index in [4.69, 9.17) is 9.47 Å². The third kappa shape index (κ3) is 11.7. The van der Waals surface area contributed by atoms with Gasteiger partial charge in [0.15, 0.2) is 0 Å². The predicted molar refractivity (Wildman–Crippen MR) is 174 cm³/mol. The van der Waals surface area contributed by atoms with Crippen LogP contribution in [0.1, 0.15) is 43.9 Å². The lowest BCUT2D eigenvalue weighted by molar-refractivity contribution is -0.147. The molecular weight excluding hydrogens is 586 g/mol. The number of alkyl carbamates (subject to hydrolysis) is 1. The minimum absolute atomic E-state index is 0.00851. The number of methoxy groups -OCH3 is 1. The van der Waals surface area contributed by atoms with Crippen LogP contribution < -0.4 is 16.0 Å². The second-order valence-corrected chi connectivity index (χ2v) is 11.7. The number of amides is 3. The van der Waals surface area contributed by atoms with E-state index in [1.165, 1.54) is 14.0 Å². The maximum atomic E-state index is 13.6. The largest absolute Gasteiger partial charge is 0.467 e. The van der Waals surface area contributed by atoms with Gasteiger partial charge in [0, 0.05) is 5.92 Å². The summed E-state index contributed by atoms with van der Waals surface area (Å²) in [5, 5.41) is 19.8. The summed E-state index contributed by atoms with van der Waals surface area (Å²) in [5.41, 5.74) is 2.55. The molecule has 0 aliphatic carbocycles. The van der Waals surface area contributed by atoms with Gasteiger partial charge in [0.1, 0.15) is 18.7 Å². The van der Waals surface area contributed by atoms with Crippen molar-refractivity contribution in [2.45, 2.75) is 70.9 Å². The van der Waals surface area contributed by atoms with Gasteiger partial charge in [0.25, 0.3) is 0 Å². The number of hydrogen-bond acceptors (Lipinski definition) is 7. The first-order chi connectivity index (χ1) is 22.1. The lowest BCUT2D eigenvalue weighted by Gasteiger charge is -2.29. The second-order valence-electron chi connectivity index (χ2n) is 11.7. The fourth-order valence-corrected chi connectivity index (χ4v) is 5.00. The highest BCUT2D eigenvalue weighted by atomic mass is 16.5. The molecule has 246 valence electrons. The number of hydrogen-bond donors (Lipinski definition) is 4. The molecular formula is C36H45N3O7. The first kappa shape index (κ1) is 35.8. The van der Waals surface area contributed by atoms with Crippen LogP contribution in [0.25, 0.3) is 0 Å². The highest BCUT2D eigenvalue weighted by molar-refractivity contribution is 5.86. The van der Waals surface area contributed by atoms with Crippen molar-refractivity contribution in [2.75, 3.05) is 7.11 Å². The molecule has 4 N–H and O–H groups in total. The van der Waals surface area contributed by atoms with E-state index in [2.05, 4.69) is 16.0 Å². The van der Waals surface area contributed by atoms with E-state index in [1.807, 2.05) is 91.0 Å². The highest BCUT2D eigenvalue weighted by Crippen LogP contribution is 2.20. The normalized spacial score (nSPS) is 14.2. The van der Waals surface area contributed by atoms with E-state index in [0.29, 0.717) is 6.42 Å². The summed E-state index contributed by atoms with van der Waals surface area (Å²) in [6.45, 7) is 5.19. The van der Waals surface area contributed by atoms with Crippen LogP contribution >= 0.6 is 0 Å². The first-order valence-electron chi connectivity index (χ1n) is 15.5. The number of rotatable bonds is 16. The van der Waals surface area contributed by atoms with Gasteiger partial charge in [-0.3, -0.25) is 9.59 Å². The van der Waals surface area contributed by atoms with Crippen LogP contribution in [-0.4, -0.2) is 60.3 Å².